The molecule has 4 rings (SSSR count). The first-order valence-electron chi connectivity index (χ1n) is 10.7. The zero-order valence-corrected chi connectivity index (χ0v) is 18.6. The van der Waals surface area contributed by atoms with Crippen LogP contribution >= 0.6 is 0 Å². The van der Waals surface area contributed by atoms with Gasteiger partial charge in [-0.05, 0) is 37.1 Å². The van der Waals surface area contributed by atoms with Crippen LogP contribution in [0.3, 0.4) is 0 Å². The Morgan fingerprint density at radius 1 is 0.912 bits per heavy atom. The standard InChI is InChI=1S/C26H23F3N4O/c1-17(24(19-9-5-3-6-10-19)20-11-7-4-8-12-20)32-25(34)22-16-31-33(18(22)2)23-14-13-21(15-30-23)26(27,28)29/h3-17,24H,1-2H3,(H,32,34). The number of halogens is 3. The van der Waals surface area contributed by atoms with Crippen molar-refractivity contribution in [3.8, 4) is 5.82 Å². The third-order valence-electron chi connectivity index (χ3n) is 5.72. The first-order chi connectivity index (χ1) is 16.3. The molecule has 2 aromatic carbocycles. The number of carbonyl (C=O) groups excluding carboxylic acids is 1. The van der Waals surface area contributed by atoms with Crippen molar-refractivity contribution in [2.45, 2.75) is 32.0 Å². The summed E-state index contributed by atoms with van der Waals surface area (Å²) in [5.41, 5.74) is 2.10. The fourth-order valence-corrected chi connectivity index (χ4v) is 4.00. The maximum Gasteiger partial charge on any atom is 0.417 e. The lowest BCUT2D eigenvalue weighted by atomic mass is 9.85. The number of rotatable bonds is 6. The van der Waals surface area contributed by atoms with E-state index >= 15 is 0 Å². The summed E-state index contributed by atoms with van der Waals surface area (Å²) in [6.45, 7) is 3.62. The molecule has 0 radical (unpaired) electrons. The van der Waals surface area contributed by atoms with E-state index < -0.39 is 11.7 Å². The summed E-state index contributed by atoms with van der Waals surface area (Å²) in [6, 6.07) is 21.8. The molecular weight excluding hydrogens is 441 g/mol. The van der Waals surface area contributed by atoms with Gasteiger partial charge in [0.2, 0.25) is 0 Å². The Kier molecular flexibility index (Phi) is 6.49. The molecule has 0 aliphatic heterocycles. The van der Waals surface area contributed by atoms with Crippen molar-refractivity contribution in [3.05, 3.63) is 113 Å². The fourth-order valence-electron chi connectivity index (χ4n) is 4.00. The summed E-state index contributed by atoms with van der Waals surface area (Å²) in [5, 5.41) is 7.25. The molecule has 1 atom stereocenters. The lowest BCUT2D eigenvalue weighted by molar-refractivity contribution is -0.137. The van der Waals surface area contributed by atoms with E-state index in [1.54, 1.807) is 6.92 Å². The van der Waals surface area contributed by atoms with E-state index in [9.17, 15) is 18.0 Å². The van der Waals surface area contributed by atoms with Crippen molar-refractivity contribution in [1.29, 1.82) is 0 Å². The Morgan fingerprint density at radius 3 is 2.00 bits per heavy atom. The number of amides is 1. The predicted octanol–water partition coefficient (Wildman–Crippen LogP) is 5.54. The van der Waals surface area contributed by atoms with Crippen molar-refractivity contribution in [1.82, 2.24) is 20.1 Å². The van der Waals surface area contributed by atoms with Gasteiger partial charge in [0.05, 0.1) is 23.0 Å². The van der Waals surface area contributed by atoms with Gasteiger partial charge >= 0.3 is 6.18 Å². The second-order valence-electron chi connectivity index (χ2n) is 8.02. The molecular formula is C26H23F3N4O. The molecule has 2 heterocycles. The van der Waals surface area contributed by atoms with E-state index in [-0.39, 0.29) is 23.7 Å². The largest absolute Gasteiger partial charge is 0.417 e. The molecule has 34 heavy (non-hydrogen) atoms. The Balaban J connectivity index is 1.57. The number of carbonyl (C=O) groups is 1. The summed E-state index contributed by atoms with van der Waals surface area (Å²) in [4.78, 5) is 17.0. The summed E-state index contributed by atoms with van der Waals surface area (Å²) in [6.07, 6.45) is -2.32. The summed E-state index contributed by atoms with van der Waals surface area (Å²) in [7, 11) is 0. The molecule has 8 heteroatoms. The van der Waals surface area contributed by atoms with E-state index in [4.69, 9.17) is 0 Å². The van der Waals surface area contributed by atoms with Crippen molar-refractivity contribution in [2.24, 2.45) is 0 Å². The van der Waals surface area contributed by atoms with Gasteiger partial charge in [0, 0.05) is 18.2 Å². The number of benzene rings is 2. The van der Waals surface area contributed by atoms with Crippen LogP contribution in [-0.2, 0) is 6.18 Å². The Labute approximate surface area is 195 Å². The number of pyridine rings is 1. The highest BCUT2D eigenvalue weighted by Gasteiger charge is 2.31. The summed E-state index contributed by atoms with van der Waals surface area (Å²) in [5.74, 6) is -0.192. The molecule has 0 spiro atoms. The van der Waals surface area contributed by atoms with Crippen molar-refractivity contribution in [3.63, 3.8) is 0 Å². The first kappa shape index (κ1) is 23.2. The topological polar surface area (TPSA) is 59.8 Å². The number of hydrogen-bond acceptors (Lipinski definition) is 3. The number of nitrogens with zero attached hydrogens (tertiary/aromatic N) is 3. The van der Waals surface area contributed by atoms with Gasteiger partial charge in [-0.25, -0.2) is 9.67 Å². The predicted molar refractivity (Wildman–Crippen MR) is 123 cm³/mol. The van der Waals surface area contributed by atoms with Crippen molar-refractivity contribution in [2.75, 3.05) is 0 Å². The van der Waals surface area contributed by atoms with Crippen LogP contribution in [0.4, 0.5) is 13.2 Å². The van der Waals surface area contributed by atoms with E-state index in [0.29, 0.717) is 11.3 Å². The van der Waals surface area contributed by atoms with Gasteiger partial charge in [0.15, 0.2) is 5.82 Å². The van der Waals surface area contributed by atoms with Gasteiger partial charge in [0.25, 0.3) is 5.91 Å². The van der Waals surface area contributed by atoms with Crippen LogP contribution in [0.5, 0.6) is 0 Å². The van der Waals surface area contributed by atoms with Crippen LogP contribution in [-0.4, -0.2) is 26.7 Å². The van der Waals surface area contributed by atoms with Crippen LogP contribution in [0, 0.1) is 6.92 Å². The molecule has 1 unspecified atom stereocenters. The van der Waals surface area contributed by atoms with Gasteiger partial charge in [-0.15, -0.1) is 0 Å². The highest BCUT2D eigenvalue weighted by atomic mass is 19.4. The van der Waals surface area contributed by atoms with E-state index in [1.807, 2.05) is 67.6 Å². The van der Waals surface area contributed by atoms with Gasteiger partial charge in [0.1, 0.15) is 0 Å². The van der Waals surface area contributed by atoms with Crippen molar-refractivity contribution >= 4 is 5.91 Å². The lowest BCUT2D eigenvalue weighted by Gasteiger charge is -2.26. The highest BCUT2D eigenvalue weighted by molar-refractivity contribution is 5.95. The Hall–Kier alpha value is -3.94. The third kappa shape index (κ3) is 4.85. The SMILES string of the molecule is Cc1c(C(=O)NC(C)C(c2ccccc2)c2ccccc2)cnn1-c1ccc(C(F)(F)F)cn1. The zero-order chi connectivity index (χ0) is 24.3. The number of nitrogens with one attached hydrogen (secondary N) is 1. The molecule has 5 nitrogen and oxygen atoms in total. The number of hydrogen-bond donors (Lipinski definition) is 1. The molecule has 4 aromatic rings. The monoisotopic (exact) mass is 464 g/mol. The minimum Gasteiger partial charge on any atom is -0.349 e. The van der Waals surface area contributed by atoms with Gasteiger partial charge in [-0.2, -0.15) is 18.3 Å². The summed E-state index contributed by atoms with van der Waals surface area (Å²) < 4.78 is 39.8. The van der Waals surface area contributed by atoms with Crippen LogP contribution in [0.25, 0.3) is 5.82 Å². The van der Waals surface area contributed by atoms with Crippen LogP contribution in [0.1, 0.15) is 45.6 Å². The molecule has 0 saturated heterocycles. The maximum absolute atomic E-state index is 13.1. The summed E-state index contributed by atoms with van der Waals surface area (Å²) >= 11 is 0. The highest BCUT2D eigenvalue weighted by Crippen LogP contribution is 2.30. The van der Waals surface area contributed by atoms with Crippen molar-refractivity contribution < 1.29 is 18.0 Å². The second-order valence-corrected chi connectivity index (χ2v) is 8.02. The van der Waals surface area contributed by atoms with Gasteiger partial charge in [-0.1, -0.05) is 60.7 Å². The average molecular weight is 464 g/mol. The quantitative estimate of drug-likeness (QED) is 0.407. The first-order valence-corrected chi connectivity index (χ1v) is 10.7. The molecule has 1 amide bonds. The second kappa shape index (κ2) is 9.51. The maximum atomic E-state index is 13.1. The number of alkyl halides is 3. The van der Waals surface area contributed by atoms with Crippen LogP contribution in [0.15, 0.2) is 85.2 Å². The molecule has 0 aliphatic carbocycles. The average Bonchev–Trinajstić information content (AvgIpc) is 3.21. The molecule has 0 fully saturated rings. The third-order valence-corrected chi connectivity index (χ3v) is 5.72. The minimum absolute atomic E-state index is 0.0710. The smallest absolute Gasteiger partial charge is 0.349 e. The normalized spacial score (nSPS) is 12.5. The van der Waals surface area contributed by atoms with Gasteiger partial charge in [-0.3, -0.25) is 4.79 Å². The molecule has 174 valence electrons. The fraction of sp³-hybridized carbons (Fsp3) is 0.192. The Morgan fingerprint density at radius 2 is 1.50 bits per heavy atom. The Bertz CT molecular complexity index is 1210. The zero-order valence-electron chi connectivity index (χ0n) is 18.6. The van der Waals surface area contributed by atoms with Crippen LogP contribution in [0.2, 0.25) is 0 Å². The van der Waals surface area contributed by atoms with E-state index in [2.05, 4.69) is 15.4 Å². The molecule has 0 saturated carbocycles. The molecule has 1 N–H and O–H groups in total. The van der Waals surface area contributed by atoms with E-state index in [0.717, 1.165) is 23.4 Å². The lowest BCUT2D eigenvalue weighted by Crippen LogP contribution is -2.37. The minimum atomic E-state index is -4.47. The molecule has 0 bridgehead atoms. The number of aromatic nitrogens is 3. The van der Waals surface area contributed by atoms with E-state index in [1.165, 1.54) is 16.9 Å². The molecule has 2 aromatic heterocycles. The van der Waals surface area contributed by atoms with Crippen LogP contribution < -0.4 is 5.32 Å². The van der Waals surface area contributed by atoms with Gasteiger partial charge < -0.3 is 5.32 Å². The molecule has 0 aliphatic rings.